The van der Waals surface area contributed by atoms with Crippen LogP contribution in [0.2, 0.25) is 0 Å². The largest absolute Gasteiger partial charge is 0.573 e. The second-order valence-electron chi connectivity index (χ2n) is 5.18. The highest BCUT2D eigenvalue weighted by Crippen LogP contribution is 2.25. The standard InChI is InChI=1S/C15H18F3N5O/c1-9-13(10(2)23(3)22-9)8-20-14(19)21-11-5-4-6-12(7-11)24-15(16,17)18/h4-7H,8H2,1-3H3,(H3,19,20,21). The van der Waals surface area contributed by atoms with Gasteiger partial charge in [-0.2, -0.15) is 5.10 Å². The van der Waals surface area contributed by atoms with Crippen molar-refractivity contribution in [3.63, 3.8) is 0 Å². The van der Waals surface area contributed by atoms with E-state index >= 15 is 0 Å². The van der Waals surface area contributed by atoms with E-state index in [1.54, 1.807) is 10.7 Å². The van der Waals surface area contributed by atoms with Gasteiger partial charge in [0.15, 0.2) is 5.96 Å². The zero-order valence-electron chi connectivity index (χ0n) is 13.5. The molecule has 9 heteroatoms. The average Bonchev–Trinajstić information content (AvgIpc) is 2.68. The third-order valence-corrected chi connectivity index (χ3v) is 3.41. The molecule has 1 aromatic heterocycles. The van der Waals surface area contributed by atoms with Crippen molar-refractivity contribution < 1.29 is 17.9 Å². The summed E-state index contributed by atoms with van der Waals surface area (Å²) in [4.78, 5) is 4.20. The molecule has 1 heterocycles. The second-order valence-corrected chi connectivity index (χ2v) is 5.18. The van der Waals surface area contributed by atoms with Crippen LogP contribution in [-0.4, -0.2) is 22.1 Å². The van der Waals surface area contributed by atoms with Gasteiger partial charge in [-0.25, -0.2) is 4.99 Å². The molecule has 0 unspecified atom stereocenters. The molecule has 0 saturated heterocycles. The predicted octanol–water partition coefficient (Wildman–Crippen LogP) is 2.86. The first-order valence-corrected chi connectivity index (χ1v) is 7.07. The maximum absolute atomic E-state index is 12.2. The molecule has 130 valence electrons. The van der Waals surface area contributed by atoms with E-state index in [1.807, 2.05) is 20.9 Å². The van der Waals surface area contributed by atoms with Gasteiger partial charge in [-0.05, 0) is 26.0 Å². The summed E-state index contributed by atoms with van der Waals surface area (Å²) in [6.07, 6.45) is -4.74. The molecule has 1 aromatic carbocycles. The molecule has 0 radical (unpaired) electrons. The number of hydrogen-bond donors (Lipinski definition) is 2. The third kappa shape index (κ3) is 4.64. The fraction of sp³-hybridized carbons (Fsp3) is 0.333. The highest BCUT2D eigenvalue weighted by molar-refractivity contribution is 5.92. The van der Waals surface area contributed by atoms with Crippen molar-refractivity contribution in [2.24, 2.45) is 17.8 Å². The number of aryl methyl sites for hydroxylation is 2. The lowest BCUT2D eigenvalue weighted by atomic mass is 10.2. The number of guanidine groups is 1. The Morgan fingerprint density at radius 2 is 2.08 bits per heavy atom. The van der Waals surface area contributed by atoms with E-state index in [0.717, 1.165) is 17.0 Å². The minimum Gasteiger partial charge on any atom is -0.406 e. The number of hydrogen-bond acceptors (Lipinski definition) is 3. The molecule has 0 amide bonds. The number of anilines is 1. The van der Waals surface area contributed by atoms with E-state index in [2.05, 4.69) is 20.1 Å². The molecule has 6 nitrogen and oxygen atoms in total. The molecule has 0 aliphatic carbocycles. The number of alkyl halides is 3. The van der Waals surface area contributed by atoms with Crippen LogP contribution in [-0.2, 0) is 13.6 Å². The minimum atomic E-state index is -4.74. The van der Waals surface area contributed by atoms with Crippen LogP contribution in [0.5, 0.6) is 5.75 Å². The Kier molecular flexibility index (Phi) is 5.01. The summed E-state index contributed by atoms with van der Waals surface area (Å²) < 4.78 is 42.3. The number of aromatic nitrogens is 2. The molecule has 0 aliphatic heterocycles. The lowest BCUT2D eigenvalue weighted by Gasteiger charge is -2.11. The first-order chi connectivity index (χ1) is 11.2. The average molecular weight is 341 g/mol. The van der Waals surface area contributed by atoms with Crippen molar-refractivity contribution >= 4 is 11.6 Å². The molecule has 0 saturated carbocycles. The second kappa shape index (κ2) is 6.81. The quantitative estimate of drug-likeness (QED) is 0.662. The van der Waals surface area contributed by atoms with E-state index in [9.17, 15) is 13.2 Å². The third-order valence-electron chi connectivity index (χ3n) is 3.41. The number of nitrogens with zero attached hydrogens (tertiary/aromatic N) is 3. The summed E-state index contributed by atoms with van der Waals surface area (Å²) in [7, 11) is 1.84. The summed E-state index contributed by atoms with van der Waals surface area (Å²) in [5.41, 5.74) is 8.92. The van der Waals surface area contributed by atoms with Gasteiger partial charge >= 0.3 is 6.36 Å². The maximum Gasteiger partial charge on any atom is 0.573 e. The highest BCUT2D eigenvalue weighted by Gasteiger charge is 2.31. The fourth-order valence-corrected chi connectivity index (χ4v) is 2.17. The van der Waals surface area contributed by atoms with Gasteiger partial charge in [-0.1, -0.05) is 6.07 Å². The topological polar surface area (TPSA) is 77.5 Å². The number of rotatable bonds is 4. The molecule has 2 aromatic rings. The van der Waals surface area contributed by atoms with E-state index in [0.29, 0.717) is 12.2 Å². The van der Waals surface area contributed by atoms with Gasteiger partial charge in [0.05, 0.1) is 12.2 Å². The summed E-state index contributed by atoms with van der Waals surface area (Å²) >= 11 is 0. The van der Waals surface area contributed by atoms with Crippen LogP contribution in [0.1, 0.15) is 17.0 Å². The van der Waals surface area contributed by atoms with Gasteiger partial charge in [-0.3, -0.25) is 4.68 Å². The Hall–Kier alpha value is -2.71. The van der Waals surface area contributed by atoms with Crippen molar-refractivity contribution in [1.82, 2.24) is 9.78 Å². The van der Waals surface area contributed by atoms with Crippen molar-refractivity contribution in [1.29, 1.82) is 0 Å². The summed E-state index contributed by atoms with van der Waals surface area (Å²) in [5.74, 6) is -0.249. The smallest absolute Gasteiger partial charge is 0.406 e. The van der Waals surface area contributed by atoms with Crippen LogP contribution in [0, 0.1) is 13.8 Å². The van der Waals surface area contributed by atoms with Crippen LogP contribution in [0.3, 0.4) is 0 Å². The molecule has 3 N–H and O–H groups in total. The maximum atomic E-state index is 12.2. The number of aliphatic imine (C=N–C) groups is 1. The lowest BCUT2D eigenvalue weighted by molar-refractivity contribution is -0.274. The van der Waals surface area contributed by atoms with Crippen LogP contribution in [0.4, 0.5) is 18.9 Å². The highest BCUT2D eigenvalue weighted by atomic mass is 19.4. The van der Waals surface area contributed by atoms with Crippen molar-refractivity contribution in [3.8, 4) is 5.75 Å². The van der Waals surface area contributed by atoms with Gasteiger partial charge in [-0.15, -0.1) is 13.2 Å². The SMILES string of the molecule is Cc1nn(C)c(C)c1CN=C(N)Nc1cccc(OC(F)(F)F)c1. The molecular formula is C15H18F3N5O. The Balaban J connectivity index is 2.06. The van der Waals surface area contributed by atoms with Crippen molar-refractivity contribution in [2.45, 2.75) is 26.8 Å². The monoisotopic (exact) mass is 341 g/mol. The molecular weight excluding hydrogens is 323 g/mol. The zero-order chi connectivity index (χ0) is 17.9. The van der Waals surface area contributed by atoms with E-state index in [4.69, 9.17) is 5.73 Å². The van der Waals surface area contributed by atoms with E-state index < -0.39 is 6.36 Å². The lowest BCUT2D eigenvalue weighted by Crippen LogP contribution is -2.23. The Morgan fingerprint density at radius 3 is 2.67 bits per heavy atom. The predicted molar refractivity (Wildman–Crippen MR) is 84.8 cm³/mol. The first-order valence-electron chi connectivity index (χ1n) is 7.07. The van der Waals surface area contributed by atoms with Crippen LogP contribution in [0.15, 0.2) is 29.3 Å². The number of benzene rings is 1. The number of halogens is 3. The Labute approximate surface area is 137 Å². The Bertz CT molecular complexity index is 752. The molecule has 0 atom stereocenters. The molecule has 0 aliphatic rings. The van der Waals surface area contributed by atoms with Gasteiger partial charge in [0.25, 0.3) is 0 Å². The van der Waals surface area contributed by atoms with Gasteiger partial charge in [0, 0.05) is 30.1 Å². The molecule has 24 heavy (non-hydrogen) atoms. The number of nitrogens with one attached hydrogen (secondary N) is 1. The first kappa shape index (κ1) is 17.6. The molecule has 2 rings (SSSR count). The summed E-state index contributed by atoms with van der Waals surface area (Å²) in [6.45, 7) is 4.12. The van der Waals surface area contributed by atoms with E-state index in [-0.39, 0.29) is 11.7 Å². The normalized spacial score (nSPS) is 12.3. The van der Waals surface area contributed by atoms with Gasteiger partial charge in [0.1, 0.15) is 5.75 Å². The van der Waals surface area contributed by atoms with Gasteiger partial charge < -0.3 is 15.8 Å². The van der Waals surface area contributed by atoms with Gasteiger partial charge in [0.2, 0.25) is 0 Å². The zero-order valence-corrected chi connectivity index (χ0v) is 13.5. The minimum absolute atomic E-state index is 0.0850. The molecule has 0 fully saturated rings. The van der Waals surface area contributed by atoms with Crippen molar-refractivity contribution in [2.75, 3.05) is 5.32 Å². The summed E-state index contributed by atoms with van der Waals surface area (Å²) in [5, 5.41) is 7.02. The van der Waals surface area contributed by atoms with Crippen LogP contribution in [0.25, 0.3) is 0 Å². The summed E-state index contributed by atoms with van der Waals surface area (Å²) in [6, 6.07) is 5.38. The number of ether oxygens (including phenoxy) is 1. The number of nitrogens with two attached hydrogens (primary N) is 1. The Morgan fingerprint density at radius 1 is 1.38 bits per heavy atom. The van der Waals surface area contributed by atoms with Crippen LogP contribution < -0.4 is 15.8 Å². The van der Waals surface area contributed by atoms with E-state index in [1.165, 1.54) is 18.2 Å². The van der Waals surface area contributed by atoms with Crippen LogP contribution >= 0.6 is 0 Å². The van der Waals surface area contributed by atoms with Crippen molar-refractivity contribution in [3.05, 3.63) is 41.2 Å². The molecule has 0 bridgehead atoms. The molecule has 0 spiro atoms. The fourth-order valence-electron chi connectivity index (χ4n) is 2.17.